The third kappa shape index (κ3) is 6.23. The van der Waals surface area contributed by atoms with Gasteiger partial charge in [0.05, 0.1) is 5.56 Å². The third-order valence-electron chi connectivity index (χ3n) is 5.52. The molecule has 0 unspecified atom stereocenters. The van der Waals surface area contributed by atoms with Gasteiger partial charge in [-0.15, -0.1) is 0 Å². The van der Waals surface area contributed by atoms with Gasteiger partial charge >= 0.3 is 0 Å². The number of rotatable bonds is 7. The van der Waals surface area contributed by atoms with Crippen LogP contribution in [-0.4, -0.2) is 23.7 Å². The highest BCUT2D eigenvalue weighted by molar-refractivity contribution is 5.84. The van der Waals surface area contributed by atoms with Crippen LogP contribution in [-0.2, 0) is 24.0 Å². The van der Waals surface area contributed by atoms with Crippen LogP contribution in [0.25, 0.3) is 10.8 Å². The van der Waals surface area contributed by atoms with Crippen molar-refractivity contribution in [2.75, 3.05) is 13.7 Å². The molecule has 178 valence electrons. The molecule has 4 aromatic rings. The Bertz CT molecular complexity index is 1390. The fraction of sp³-hybridized carbons (Fsp3) is 0.214. The van der Waals surface area contributed by atoms with Gasteiger partial charge in [-0.05, 0) is 77.6 Å². The zero-order valence-electron chi connectivity index (χ0n) is 19.0. The highest BCUT2D eigenvalue weighted by atomic mass is 19.2. The van der Waals surface area contributed by atoms with Crippen molar-refractivity contribution in [2.45, 2.75) is 25.7 Å². The maximum atomic E-state index is 14.6. The number of benzene rings is 3. The largest absolute Gasteiger partial charge is 0.385 e. The van der Waals surface area contributed by atoms with E-state index in [1.54, 1.807) is 31.6 Å². The molecule has 0 aliphatic carbocycles. The lowest BCUT2D eigenvalue weighted by atomic mass is 10.0. The molecule has 35 heavy (non-hydrogen) atoms. The normalized spacial score (nSPS) is 10.9. The summed E-state index contributed by atoms with van der Waals surface area (Å²) in [5, 5.41) is 0.943. The van der Waals surface area contributed by atoms with Crippen molar-refractivity contribution in [2.24, 2.45) is 0 Å². The molecule has 0 atom stereocenters. The smallest absolute Gasteiger partial charge is 0.159 e. The lowest BCUT2D eigenvalue weighted by Crippen LogP contribution is -2.02. The molecular weight excluding hydrogens is 456 g/mol. The number of fused-ring (bicyclic) bond motifs is 1. The summed E-state index contributed by atoms with van der Waals surface area (Å²) >= 11 is 0. The number of aromatic nitrogens is 2. The number of aryl methyl sites for hydroxylation is 3. The van der Waals surface area contributed by atoms with Crippen molar-refractivity contribution < 1.29 is 22.3 Å². The minimum Gasteiger partial charge on any atom is -0.385 e. The second-order valence-corrected chi connectivity index (χ2v) is 8.12. The summed E-state index contributed by atoms with van der Waals surface area (Å²) in [5.41, 5.74) is 1.56. The van der Waals surface area contributed by atoms with Crippen molar-refractivity contribution in [3.63, 3.8) is 0 Å². The van der Waals surface area contributed by atoms with E-state index in [-0.39, 0.29) is 5.56 Å². The second-order valence-electron chi connectivity index (χ2n) is 8.12. The fourth-order valence-corrected chi connectivity index (χ4v) is 3.66. The molecular formula is C28H22F4N2O. The molecule has 1 heterocycles. The number of halogens is 4. The van der Waals surface area contributed by atoms with Gasteiger partial charge < -0.3 is 4.74 Å². The standard InChI is InChI=1S/C28H22F4N2O/c1-35-10-2-3-20-16-33-28(34-17-20)9-6-19-12-24(29)23(25(30)13-19)8-5-18-4-7-21-14-26(31)27(32)15-22(21)11-18/h4,7,11-17H,2-3,6,9-10H2,1H3. The molecule has 0 saturated carbocycles. The summed E-state index contributed by atoms with van der Waals surface area (Å²) in [6.45, 7) is 0.669. The fourth-order valence-electron chi connectivity index (χ4n) is 3.66. The highest BCUT2D eigenvalue weighted by Gasteiger charge is 2.10. The number of hydrogen-bond donors (Lipinski definition) is 0. The quantitative estimate of drug-likeness (QED) is 0.187. The van der Waals surface area contributed by atoms with Gasteiger partial charge in [-0.2, -0.15) is 0 Å². The average Bonchev–Trinajstić information content (AvgIpc) is 2.84. The summed E-state index contributed by atoms with van der Waals surface area (Å²) in [6, 6.07) is 9.35. The highest BCUT2D eigenvalue weighted by Crippen LogP contribution is 2.20. The van der Waals surface area contributed by atoms with Crippen LogP contribution in [0.5, 0.6) is 0 Å². The molecule has 1 aromatic heterocycles. The first-order chi connectivity index (χ1) is 16.9. The minimum atomic E-state index is -0.973. The van der Waals surface area contributed by atoms with Crippen LogP contribution < -0.4 is 0 Å². The van der Waals surface area contributed by atoms with E-state index in [1.807, 2.05) is 0 Å². The van der Waals surface area contributed by atoms with E-state index in [0.29, 0.717) is 47.2 Å². The first kappa shape index (κ1) is 24.4. The average molecular weight is 478 g/mol. The summed E-state index contributed by atoms with van der Waals surface area (Å²) in [5.74, 6) is 2.35. The number of ether oxygens (including phenoxy) is 1. The molecule has 0 radical (unpaired) electrons. The van der Waals surface area contributed by atoms with Crippen molar-refractivity contribution >= 4 is 10.8 Å². The third-order valence-corrected chi connectivity index (χ3v) is 5.52. The molecule has 3 nitrogen and oxygen atoms in total. The zero-order chi connectivity index (χ0) is 24.8. The Morgan fingerprint density at radius 1 is 0.714 bits per heavy atom. The summed E-state index contributed by atoms with van der Waals surface area (Å²) < 4.78 is 61.1. The van der Waals surface area contributed by atoms with E-state index in [1.165, 1.54) is 18.2 Å². The van der Waals surface area contributed by atoms with Gasteiger partial charge in [0.15, 0.2) is 11.6 Å². The molecule has 0 aliphatic rings. The zero-order valence-corrected chi connectivity index (χ0v) is 19.0. The van der Waals surface area contributed by atoms with Crippen molar-refractivity contribution in [1.29, 1.82) is 0 Å². The Morgan fingerprint density at radius 3 is 2.09 bits per heavy atom. The van der Waals surface area contributed by atoms with Crippen molar-refractivity contribution in [3.05, 3.63) is 106 Å². The molecule has 0 N–H and O–H groups in total. The molecule has 0 spiro atoms. The van der Waals surface area contributed by atoms with Crippen LogP contribution >= 0.6 is 0 Å². The monoisotopic (exact) mass is 478 g/mol. The van der Waals surface area contributed by atoms with Gasteiger partial charge in [0, 0.05) is 38.1 Å². The van der Waals surface area contributed by atoms with E-state index in [2.05, 4.69) is 21.8 Å². The number of methoxy groups -OCH3 is 1. The SMILES string of the molecule is COCCCc1cnc(CCc2cc(F)c(C#Cc3ccc4cc(F)c(F)cc4c3)c(F)c2)nc1. The van der Waals surface area contributed by atoms with Crippen LogP contribution in [0.2, 0.25) is 0 Å². The van der Waals surface area contributed by atoms with E-state index in [0.717, 1.165) is 30.5 Å². The van der Waals surface area contributed by atoms with Gasteiger partial charge in [0.2, 0.25) is 0 Å². The van der Waals surface area contributed by atoms with Gasteiger partial charge in [0.25, 0.3) is 0 Å². The lowest BCUT2D eigenvalue weighted by Gasteiger charge is -2.05. The van der Waals surface area contributed by atoms with Gasteiger partial charge in [-0.25, -0.2) is 27.5 Å². The van der Waals surface area contributed by atoms with Crippen LogP contribution in [0, 0.1) is 35.1 Å². The minimum absolute atomic E-state index is 0.351. The first-order valence-electron chi connectivity index (χ1n) is 11.1. The van der Waals surface area contributed by atoms with Crippen molar-refractivity contribution in [3.8, 4) is 11.8 Å². The maximum absolute atomic E-state index is 14.6. The predicted octanol–water partition coefficient (Wildman–Crippen LogP) is 5.95. The van der Waals surface area contributed by atoms with E-state index in [9.17, 15) is 17.6 Å². The van der Waals surface area contributed by atoms with Crippen molar-refractivity contribution in [1.82, 2.24) is 9.97 Å². The molecule has 0 saturated heterocycles. The number of hydrogen-bond acceptors (Lipinski definition) is 3. The molecule has 4 rings (SSSR count). The van der Waals surface area contributed by atoms with Crippen LogP contribution in [0.15, 0.2) is 54.9 Å². The molecule has 0 fully saturated rings. The van der Waals surface area contributed by atoms with Crippen LogP contribution in [0.4, 0.5) is 17.6 Å². The Balaban J connectivity index is 1.44. The Kier molecular flexibility index (Phi) is 7.74. The predicted molar refractivity (Wildman–Crippen MR) is 126 cm³/mol. The van der Waals surface area contributed by atoms with E-state index in [4.69, 9.17) is 4.74 Å². The molecule has 3 aromatic carbocycles. The summed E-state index contributed by atoms with van der Waals surface area (Å²) in [4.78, 5) is 8.65. The van der Waals surface area contributed by atoms with Gasteiger partial charge in [-0.3, -0.25) is 0 Å². The van der Waals surface area contributed by atoms with E-state index >= 15 is 0 Å². The Hall–Kier alpha value is -3.76. The second kappa shape index (κ2) is 11.1. The van der Waals surface area contributed by atoms with Gasteiger partial charge in [0.1, 0.15) is 17.5 Å². The maximum Gasteiger partial charge on any atom is 0.159 e. The topological polar surface area (TPSA) is 35.0 Å². The molecule has 0 amide bonds. The number of nitrogens with zero attached hydrogens (tertiary/aromatic N) is 2. The molecule has 0 aliphatic heterocycles. The Labute approximate surface area is 200 Å². The van der Waals surface area contributed by atoms with Crippen LogP contribution in [0.1, 0.15) is 34.5 Å². The summed E-state index contributed by atoms with van der Waals surface area (Å²) in [7, 11) is 1.66. The summed E-state index contributed by atoms with van der Waals surface area (Å²) in [6.07, 6.45) is 6.03. The lowest BCUT2D eigenvalue weighted by molar-refractivity contribution is 0.195. The molecule has 0 bridgehead atoms. The Morgan fingerprint density at radius 2 is 1.40 bits per heavy atom. The molecule has 7 heteroatoms. The van der Waals surface area contributed by atoms with E-state index < -0.39 is 23.3 Å². The van der Waals surface area contributed by atoms with Crippen LogP contribution in [0.3, 0.4) is 0 Å². The van der Waals surface area contributed by atoms with Gasteiger partial charge in [-0.1, -0.05) is 17.9 Å². The first-order valence-corrected chi connectivity index (χ1v) is 11.1.